The van der Waals surface area contributed by atoms with E-state index in [1.54, 1.807) is 6.08 Å². The van der Waals surface area contributed by atoms with Crippen molar-refractivity contribution in [3.05, 3.63) is 24.3 Å². The Bertz CT molecular complexity index is 357. The minimum Gasteiger partial charge on any atom is -0.478 e. The molecular formula is C25H46O2. The number of hydrogen-bond acceptors (Lipinski definition) is 1. The molecule has 1 N–H and O–H groups in total. The lowest BCUT2D eigenvalue weighted by Crippen LogP contribution is -1.84. The second kappa shape index (κ2) is 23.0. The van der Waals surface area contributed by atoms with Crippen molar-refractivity contribution in [2.45, 2.75) is 129 Å². The van der Waals surface area contributed by atoms with Crippen molar-refractivity contribution in [1.29, 1.82) is 0 Å². The molecule has 0 saturated carbocycles. The zero-order chi connectivity index (χ0) is 19.8. The van der Waals surface area contributed by atoms with Gasteiger partial charge in [-0.25, -0.2) is 4.79 Å². The molecule has 0 aliphatic heterocycles. The van der Waals surface area contributed by atoms with Gasteiger partial charge < -0.3 is 5.11 Å². The fraction of sp³-hybridized carbons (Fsp3) is 0.800. The highest BCUT2D eigenvalue weighted by Gasteiger charge is 1.94. The fourth-order valence-corrected chi connectivity index (χ4v) is 3.48. The average molecular weight is 379 g/mol. The number of rotatable bonds is 21. The van der Waals surface area contributed by atoms with Gasteiger partial charge in [0.1, 0.15) is 0 Å². The van der Waals surface area contributed by atoms with Crippen molar-refractivity contribution >= 4 is 5.97 Å². The standard InChI is InChI=1S/C25H46O2/c1-2-3-4-5-6-7-8-9-10-11-12-13-14-15-16-17-18-19-20-21-22-23-24-25(26)27/h21-24H,2-20H2,1H3,(H,26,27)/b22-21+,24-23+. The topological polar surface area (TPSA) is 37.3 Å². The number of allylic oxidation sites excluding steroid dienone is 3. The molecule has 27 heavy (non-hydrogen) atoms. The molecule has 0 radical (unpaired) electrons. The van der Waals surface area contributed by atoms with Crippen LogP contribution in [0, 0.1) is 0 Å². The van der Waals surface area contributed by atoms with Gasteiger partial charge in [0.05, 0.1) is 0 Å². The molecule has 0 aromatic carbocycles. The van der Waals surface area contributed by atoms with Gasteiger partial charge in [0.15, 0.2) is 0 Å². The Morgan fingerprint density at radius 1 is 0.593 bits per heavy atom. The molecule has 0 rings (SSSR count). The fourth-order valence-electron chi connectivity index (χ4n) is 3.48. The van der Waals surface area contributed by atoms with Crippen molar-refractivity contribution in [2.75, 3.05) is 0 Å². The third-order valence-electron chi connectivity index (χ3n) is 5.21. The van der Waals surface area contributed by atoms with E-state index in [9.17, 15) is 4.79 Å². The Morgan fingerprint density at radius 3 is 1.33 bits per heavy atom. The van der Waals surface area contributed by atoms with E-state index in [0.717, 1.165) is 6.42 Å². The van der Waals surface area contributed by atoms with Gasteiger partial charge in [0, 0.05) is 6.08 Å². The van der Waals surface area contributed by atoms with E-state index >= 15 is 0 Å². The summed E-state index contributed by atoms with van der Waals surface area (Å²) in [4.78, 5) is 10.3. The Hall–Kier alpha value is -1.05. The predicted molar refractivity (Wildman–Crippen MR) is 119 cm³/mol. The Balaban J connectivity index is 3.08. The minimum atomic E-state index is -0.882. The van der Waals surface area contributed by atoms with Crippen molar-refractivity contribution in [3.63, 3.8) is 0 Å². The number of aliphatic carboxylic acids is 1. The summed E-state index contributed by atoms with van der Waals surface area (Å²) in [5.74, 6) is -0.882. The van der Waals surface area contributed by atoms with Crippen LogP contribution in [0.4, 0.5) is 0 Å². The lowest BCUT2D eigenvalue weighted by Gasteiger charge is -2.03. The first-order valence-electron chi connectivity index (χ1n) is 11.8. The normalized spacial score (nSPS) is 11.7. The third kappa shape index (κ3) is 24.9. The zero-order valence-corrected chi connectivity index (χ0v) is 18.1. The second-order valence-corrected chi connectivity index (χ2v) is 7.92. The molecule has 0 heterocycles. The van der Waals surface area contributed by atoms with Crippen molar-refractivity contribution in [3.8, 4) is 0 Å². The predicted octanol–water partition coefficient (Wildman–Crippen LogP) is 8.62. The summed E-state index contributed by atoms with van der Waals surface area (Å²) in [6, 6.07) is 0. The van der Waals surface area contributed by atoms with Crippen LogP contribution in [0.1, 0.15) is 129 Å². The van der Waals surface area contributed by atoms with Crippen LogP contribution in [-0.4, -0.2) is 11.1 Å². The molecule has 0 unspecified atom stereocenters. The third-order valence-corrected chi connectivity index (χ3v) is 5.21. The summed E-state index contributed by atoms with van der Waals surface area (Å²) in [5.41, 5.74) is 0. The van der Waals surface area contributed by atoms with Gasteiger partial charge in [0.25, 0.3) is 0 Å². The molecule has 0 fully saturated rings. The SMILES string of the molecule is CCCCCCCCCCCCCCCCCCCC/C=C/C=C/C(=O)O. The van der Waals surface area contributed by atoms with Crippen LogP contribution in [0.2, 0.25) is 0 Å². The van der Waals surface area contributed by atoms with Crippen molar-refractivity contribution in [2.24, 2.45) is 0 Å². The monoisotopic (exact) mass is 378 g/mol. The first-order chi connectivity index (χ1) is 13.3. The average Bonchev–Trinajstić information content (AvgIpc) is 2.65. The highest BCUT2D eigenvalue weighted by atomic mass is 16.4. The molecule has 0 aliphatic rings. The highest BCUT2D eigenvalue weighted by molar-refractivity contribution is 5.80. The summed E-state index contributed by atoms with van der Waals surface area (Å²) in [6.45, 7) is 2.29. The summed E-state index contributed by atoms with van der Waals surface area (Å²) < 4.78 is 0. The van der Waals surface area contributed by atoms with E-state index in [2.05, 4.69) is 13.0 Å². The van der Waals surface area contributed by atoms with E-state index < -0.39 is 5.97 Å². The molecule has 0 bridgehead atoms. The first-order valence-corrected chi connectivity index (χ1v) is 11.8. The maximum atomic E-state index is 10.3. The number of unbranched alkanes of at least 4 members (excludes halogenated alkanes) is 18. The molecule has 2 nitrogen and oxygen atoms in total. The number of carboxylic acid groups (broad SMARTS) is 1. The van der Waals surface area contributed by atoms with Crippen LogP contribution in [0.5, 0.6) is 0 Å². The molecule has 0 aliphatic carbocycles. The van der Waals surface area contributed by atoms with E-state index in [4.69, 9.17) is 5.11 Å². The van der Waals surface area contributed by atoms with E-state index in [0.29, 0.717) is 0 Å². The Morgan fingerprint density at radius 2 is 0.963 bits per heavy atom. The summed E-state index contributed by atoms with van der Waals surface area (Å²) in [6.07, 6.45) is 33.0. The molecule has 2 heteroatoms. The van der Waals surface area contributed by atoms with Gasteiger partial charge in [-0.1, -0.05) is 134 Å². The quantitative estimate of drug-likeness (QED) is 0.123. The molecular weight excluding hydrogens is 332 g/mol. The summed E-state index contributed by atoms with van der Waals surface area (Å²) >= 11 is 0. The zero-order valence-electron chi connectivity index (χ0n) is 18.1. The maximum absolute atomic E-state index is 10.3. The highest BCUT2D eigenvalue weighted by Crippen LogP contribution is 2.14. The summed E-state index contributed by atoms with van der Waals surface area (Å²) in [5, 5.41) is 8.46. The van der Waals surface area contributed by atoms with Crippen LogP contribution < -0.4 is 0 Å². The second-order valence-electron chi connectivity index (χ2n) is 7.92. The van der Waals surface area contributed by atoms with Crippen LogP contribution in [0.3, 0.4) is 0 Å². The van der Waals surface area contributed by atoms with Gasteiger partial charge in [0.2, 0.25) is 0 Å². The molecule has 0 aromatic heterocycles. The molecule has 158 valence electrons. The Labute approximate surface area is 169 Å². The Kier molecular flexibility index (Phi) is 22.1. The number of carboxylic acids is 1. The van der Waals surface area contributed by atoms with Gasteiger partial charge in [-0.05, 0) is 12.8 Å². The molecule has 0 saturated heterocycles. The smallest absolute Gasteiger partial charge is 0.328 e. The molecule has 0 atom stereocenters. The van der Waals surface area contributed by atoms with Gasteiger partial charge in [-0.2, -0.15) is 0 Å². The molecule has 0 spiro atoms. The largest absolute Gasteiger partial charge is 0.478 e. The lowest BCUT2D eigenvalue weighted by atomic mass is 10.0. The van der Waals surface area contributed by atoms with Gasteiger partial charge >= 0.3 is 5.97 Å². The van der Waals surface area contributed by atoms with Crippen LogP contribution in [0.25, 0.3) is 0 Å². The van der Waals surface area contributed by atoms with Crippen LogP contribution in [-0.2, 0) is 4.79 Å². The van der Waals surface area contributed by atoms with Crippen LogP contribution >= 0.6 is 0 Å². The van der Waals surface area contributed by atoms with E-state index in [1.807, 2.05) is 6.08 Å². The van der Waals surface area contributed by atoms with Crippen molar-refractivity contribution < 1.29 is 9.90 Å². The molecule has 0 amide bonds. The van der Waals surface area contributed by atoms with E-state index in [-0.39, 0.29) is 0 Å². The van der Waals surface area contributed by atoms with Crippen LogP contribution in [0.15, 0.2) is 24.3 Å². The molecule has 0 aromatic rings. The lowest BCUT2D eigenvalue weighted by molar-refractivity contribution is -0.131. The minimum absolute atomic E-state index is 0.882. The maximum Gasteiger partial charge on any atom is 0.328 e. The van der Waals surface area contributed by atoms with E-state index in [1.165, 1.54) is 122 Å². The van der Waals surface area contributed by atoms with Gasteiger partial charge in [-0.15, -0.1) is 0 Å². The number of carbonyl (C=O) groups is 1. The summed E-state index contributed by atoms with van der Waals surface area (Å²) in [7, 11) is 0. The van der Waals surface area contributed by atoms with Crippen molar-refractivity contribution in [1.82, 2.24) is 0 Å². The first kappa shape index (κ1) is 26.0. The van der Waals surface area contributed by atoms with Gasteiger partial charge in [-0.3, -0.25) is 0 Å². The number of hydrogen-bond donors (Lipinski definition) is 1.